The van der Waals surface area contributed by atoms with Crippen molar-refractivity contribution in [3.05, 3.63) is 23.8 Å². The summed E-state index contributed by atoms with van der Waals surface area (Å²) in [7, 11) is 3.73. The van der Waals surface area contributed by atoms with E-state index in [0.717, 1.165) is 23.3 Å². The van der Waals surface area contributed by atoms with Crippen molar-refractivity contribution in [2.24, 2.45) is 0 Å². The van der Waals surface area contributed by atoms with E-state index in [0.29, 0.717) is 0 Å². The maximum atomic E-state index is 6.07. The first kappa shape index (κ1) is 15.4. The van der Waals surface area contributed by atoms with Gasteiger partial charge in [-0.05, 0) is 58.9 Å². The van der Waals surface area contributed by atoms with Gasteiger partial charge in [0.2, 0.25) is 0 Å². The van der Waals surface area contributed by atoms with Gasteiger partial charge in [0.15, 0.2) is 0 Å². The number of benzene rings is 1. The van der Waals surface area contributed by atoms with E-state index in [1.54, 1.807) is 0 Å². The van der Waals surface area contributed by atoms with Crippen LogP contribution < -0.4 is 11.2 Å². The van der Waals surface area contributed by atoms with Gasteiger partial charge in [0, 0.05) is 12.2 Å². The smallest absolute Gasteiger partial charge is 0.399 e. The quantitative estimate of drug-likeness (QED) is 0.673. The molecule has 1 saturated heterocycles. The summed E-state index contributed by atoms with van der Waals surface area (Å²) in [6.45, 7) is 9.05. The Morgan fingerprint density at radius 3 is 2.15 bits per heavy atom. The predicted octanol–water partition coefficient (Wildman–Crippen LogP) is 1.63. The van der Waals surface area contributed by atoms with Crippen LogP contribution in [0.2, 0.25) is 0 Å². The van der Waals surface area contributed by atoms with Gasteiger partial charge in [-0.3, -0.25) is 0 Å². The van der Waals surface area contributed by atoms with Crippen LogP contribution in [0.15, 0.2) is 18.2 Å². The summed E-state index contributed by atoms with van der Waals surface area (Å²) in [5.74, 6) is 0. The Labute approximate surface area is 122 Å². The average Bonchev–Trinajstić information content (AvgIpc) is 2.50. The van der Waals surface area contributed by atoms with Crippen LogP contribution in [0.4, 0.5) is 5.69 Å². The molecule has 1 aromatic rings. The fraction of sp³-hybridized carbons (Fsp3) is 0.600. The maximum Gasteiger partial charge on any atom is 0.494 e. The molecule has 20 heavy (non-hydrogen) atoms. The van der Waals surface area contributed by atoms with Crippen molar-refractivity contribution < 1.29 is 9.31 Å². The van der Waals surface area contributed by atoms with Crippen LogP contribution in [0.3, 0.4) is 0 Å². The molecule has 1 fully saturated rings. The molecule has 0 bridgehead atoms. The lowest BCUT2D eigenvalue weighted by atomic mass is 9.78. The van der Waals surface area contributed by atoms with Gasteiger partial charge < -0.3 is 19.9 Å². The zero-order valence-corrected chi connectivity index (χ0v) is 13.4. The third-order valence-corrected chi connectivity index (χ3v) is 4.18. The first-order valence-corrected chi connectivity index (χ1v) is 7.01. The third-order valence-electron chi connectivity index (χ3n) is 4.18. The molecule has 2 N–H and O–H groups in total. The molecule has 2 rings (SSSR count). The molecule has 0 radical (unpaired) electrons. The van der Waals surface area contributed by atoms with Crippen LogP contribution in [-0.2, 0) is 15.9 Å². The zero-order chi connectivity index (χ0) is 15.1. The summed E-state index contributed by atoms with van der Waals surface area (Å²) >= 11 is 0. The van der Waals surface area contributed by atoms with Crippen molar-refractivity contribution in [2.75, 3.05) is 19.8 Å². The molecule has 0 amide bonds. The van der Waals surface area contributed by atoms with Crippen molar-refractivity contribution in [1.29, 1.82) is 0 Å². The Morgan fingerprint density at radius 2 is 1.65 bits per heavy atom. The van der Waals surface area contributed by atoms with E-state index in [1.807, 2.05) is 26.2 Å². The van der Waals surface area contributed by atoms with Crippen molar-refractivity contribution in [3.8, 4) is 0 Å². The number of nitrogens with zero attached hydrogens (tertiary/aromatic N) is 1. The third kappa shape index (κ3) is 2.85. The predicted molar refractivity (Wildman–Crippen MR) is 84.0 cm³/mol. The zero-order valence-electron chi connectivity index (χ0n) is 13.4. The van der Waals surface area contributed by atoms with Gasteiger partial charge in [-0.1, -0.05) is 12.1 Å². The normalized spacial score (nSPS) is 20.6. The second-order valence-corrected chi connectivity index (χ2v) is 6.78. The number of nitrogen functional groups attached to an aromatic ring is 1. The minimum absolute atomic E-state index is 0.319. The van der Waals surface area contributed by atoms with E-state index in [9.17, 15) is 0 Å². The molecule has 1 heterocycles. The molecule has 1 aliphatic heterocycles. The van der Waals surface area contributed by atoms with E-state index < -0.39 is 0 Å². The molecule has 0 aromatic heterocycles. The Hall–Kier alpha value is -1.04. The second kappa shape index (κ2) is 5.06. The molecule has 0 unspecified atom stereocenters. The lowest BCUT2D eigenvalue weighted by molar-refractivity contribution is 0.00578. The summed E-state index contributed by atoms with van der Waals surface area (Å²) in [5, 5.41) is 0. The summed E-state index contributed by atoms with van der Waals surface area (Å²) in [5.41, 5.74) is 8.32. The summed E-state index contributed by atoms with van der Waals surface area (Å²) < 4.78 is 12.1. The average molecular weight is 276 g/mol. The van der Waals surface area contributed by atoms with Gasteiger partial charge in [-0.2, -0.15) is 0 Å². The minimum atomic E-state index is -0.332. The van der Waals surface area contributed by atoms with E-state index >= 15 is 0 Å². The van der Waals surface area contributed by atoms with E-state index in [2.05, 4.69) is 38.7 Å². The molecule has 1 aromatic carbocycles. The summed E-state index contributed by atoms with van der Waals surface area (Å²) in [6, 6.07) is 5.99. The fourth-order valence-electron chi connectivity index (χ4n) is 2.23. The molecule has 0 saturated carbocycles. The topological polar surface area (TPSA) is 47.7 Å². The van der Waals surface area contributed by atoms with Crippen LogP contribution in [0, 0.1) is 0 Å². The maximum absolute atomic E-state index is 6.07. The van der Waals surface area contributed by atoms with E-state index in [4.69, 9.17) is 15.0 Å². The molecule has 4 nitrogen and oxygen atoms in total. The van der Waals surface area contributed by atoms with Crippen molar-refractivity contribution in [3.63, 3.8) is 0 Å². The monoisotopic (exact) mass is 276 g/mol. The van der Waals surface area contributed by atoms with Gasteiger partial charge >= 0.3 is 7.12 Å². The van der Waals surface area contributed by atoms with Gasteiger partial charge in [0.1, 0.15) is 0 Å². The highest BCUT2D eigenvalue weighted by Crippen LogP contribution is 2.36. The molecule has 1 aliphatic rings. The first-order chi connectivity index (χ1) is 9.12. The largest absolute Gasteiger partial charge is 0.494 e. The number of rotatable bonds is 3. The fourth-order valence-corrected chi connectivity index (χ4v) is 2.23. The number of anilines is 1. The lowest BCUT2D eigenvalue weighted by Crippen LogP contribution is -2.41. The number of hydrogen-bond donors (Lipinski definition) is 1. The highest BCUT2D eigenvalue weighted by atomic mass is 16.7. The van der Waals surface area contributed by atoms with Gasteiger partial charge in [-0.15, -0.1) is 0 Å². The molecule has 110 valence electrons. The van der Waals surface area contributed by atoms with Crippen LogP contribution in [-0.4, -0.2) is 37.3 Å². The molecule has 0 aliphatic carbocycles. The van der Waals surface area contributed by atoms with Crippen molar-refractivity contribution in [2.45, 2.75) is 45.4 Å². The molecule has 0 atom stereocenters. The minimum Gasteiger partial charge on any atom is -0.399 e. The Kier molecular flexibility index (Phi) is 3.89. The lowest BCUT2D eigenvalue weighted by Gasteiger charge is -2.32. The van der Waals surface area contributed by atoms with Crippen LogP contribution in [0.25, 0.3) is 0 Å². The number of nitrogens with two attached hydrogens (primary N) is 1. The van der Waals surface area contributed by atoms with E-state index in [-0.39, 0.29) is 18.3 Å². The Bertz CT molecular complexity index is 485. The van der Waals surface area contributed by atoms with Gasteiger partial charge in [0.25, 0.3) is 0 Å². The van der Waals surface area contributed by atoms with Gasteiger partial charge in [-0.25, -0.2) is 0 Å². The summed E-state index contributed by atoms with van der Waals surface area (Å²) in [6.07, 6.45) is 0. The molecular weight excluding hydrogens is 251 g/mol. The molecule has 5 heteroatoms. The highest BCUT2D eigenvalue weighted by Gasteiger charge is 2.51. The van der Waals surface area contributed by atoms with Crippen molar-refractivity contribution >= 4 is 18.3 Å². The second-order valence-electron chi connectivity index (χ2n) is 6.78. The van der Waals surface area contributed by atoms with Crippen LogP contribution in [0.5, 0.6) is 0 Å². The van der Waals surface area contributed by atoms with Crippen LogP contribution >= 0.6 is 0 Å². The molecule has 0 spiro atoms. The van der Waals surface area contributed by atoms with E-state index in [1.165, 1.54) is 0 Å². The van der Waals surface area contributed by atoms with Crippen molar-refractivity contribution in [1.82, 2.24) is 4.90 Å². The van der Waals surface area contributed by atoms with Gasteiger partial charge in [0.05, 0.1) is 11.2 Å². The number of hydrogen-bond acceptors (Lipinski definition) is 4. The SMILES string of the molecule is CN(C)Cc1cc(B2OC(C)(C)C(C)(C)O2)ccc1N. The standard InChI is InChI=1S/C15H25BN2O2/c1-14(2)15(3,4)20-16(19-14)12-7-8-13(17)11(9-12)10-18(5)6/h7-9H,10,17H2,1-6H3. The Balaban J connectivity index is 2.27. The highest BCUT2D eigenvalue weighted by molar-refractivity contribution is 6.62. The Morgan fingerprint density at radius 1 is 1.10 bits per heavy atom. The summed E-state index contributed by atoms with van der Waals surface area (Å²) in [4.78, 5) is 2.10. The van der Waals surface area contributed by atoms with Crippen LogP contribution in [0.1, 0.15) is 33.3 Å². The first-order valence-electron chi connectivity index (χ1n) is 7.01. The molecular formula is C15H25BN2O2.